The molecular weight excluding hydrogens is 326 g/mol. The van der Waals surface area contributed by atoms with E-state index in [0.29, 0.717) is 0 Å². The number of carbonyl (C=O) groups excluding carboxylic acids is 1. The second-order valence-electron chi connectivity index (χ2n) is 6.10. The highest BCUT2D eigenvalue weighted by Gasteiger charge is 2.14. The fourth-order valence-corrected chi connectivity index (χ4v) is 2.44. The summed E-state index contributed by atoms with van der Waals surface area (Å²) in [6.45, 7) is 5.82. The lowest BCUT2D eigenvalue weighted by Crippen LogP contribution is -2.28. The molecule has 26 heavy (non-hydrogen) atoms. The average Bonchev–Trinajstić information content (AvgIpc) is 2.64. The lowest BCUT2D eigenvalue weighted by Gasteiger charge is -2.14. The second kappa shape index (κ2) is 8.72. The van der Waals surface area contributed by atoms with Gasteiger partial charge in [0.2, 0.25) is 0 Å². The van der Waals surface area contributed by atoms with Crippen LogP contribution < -0.4 is 15.4 Å². The van der Waals surface area contributed by atoms with Gasteiger partial charge in [-0.05, 0) is 55.7 Å². The Labute approximate surface area is 154 Å². The average molecular weight is 349 g/mol. The van der Waals surface area contributed by atoms with Gasteiger partial charge in [0.05, 0.1) is 13.2 Å². The van der Waals surface area contributed by atoms with Gasteiger partial charge in [0.15, 0.2) is 0 Å². The maximum absolute atomic E-state index is 12.4. The van der Waals surface area contributed by atoms with E-state index in [4.69, 9.17) is 4.74 Å². The molecule has 0 radical (unpaired) electrons. The number of aryl methyl sites for hydroxylation is 2. The summed E-state index contributed by atoms with van der Waals surface area (Å²) in [4.78, 5) is 12.4. The number of hydrogen-bond acceptors (Lipinski definition) is 4. The molecule has 0 fully saturated rings. The number of nitrogens with zero attached hydrogens (tertiary/aromatic N) is 1. The number of rotatable bonds is 6. The van der Waals surface area contributed by atoms with Gasteiger partial charge in [-0.15, -0.1) is 0 Å². The summed E-state index contributed by atoms with van der Waals surface area (Å²) in [5.74, 6) is 0.330. The molecule has 0 aliphatic rings. The van der Waals surface area contributed by atoms with E-state index in [2.05, 4.69) is 10.6 Å². The zero-order chi connectivity index (χ0) is 19.1. The molecule has 1 unspecified atom stereocenters. The Morgan fingerprint density at radius 2 is 1.88 bits per heavy atom. The molecule has 2 N–H and O–H groups in total. The summed E-state index contributed by atoms with van der Waals surface area (Å²) in [6.07, 6.45) is 1.44. The standard InChI is InChI=1S/C21H23N3O2/c1-14-5-6-15(2)20(11-14)23-13-18(12-22)21(25)24-16(3)17-7-9-19(26-4)10-8-17/h5-11,13,16,23H,1-4H3,(H,24,25)/b18-13-. The van der Waals surface area contributed by atoms with E-state index in [1.54, 1.807) is 7.11 Å². The molecule has 0 bridgehead atoms. The van der Waals surface area contributed by atoms with Crippen LogP contribution >= 0.6 is 0 Å². The Morgan fingerprint density at radius 1 is 1.19 bits per heavy atom. The highest BCUT2D eigenvalue weighted by atomic mass is 16.5. The van der Waals surface area contributed by atoms with Crippen molar-refractivity contribution in [2.45, 2.75) is 26.8 Å². The van der Waals surface area contributed by atoms with E-state index in [1.807, 2.05) is 69.3 Å². The zero-order valence-corrected chi connectivity index (χ0v) is 15.5. The number of nitrogens with one attached hydrogen (secondary N) is 2. The van der Waals surface area contributed by atoms with Crippen LogP contribution in [0.25, 0.3) is 0 Å². The Kier molecular flexibility index (Phi) is 6.40. The summed E-state index contributed by atoms with van der Waals surface area (Å²) in [7, 11) is 1.60. The van der Waals surface area contributed by atoms with Crippen LogP contribution in [-0.2, 0) is 4.79 Å². The van der Waals surface area contributed by atoms with Gasteiger partial charge in [-0.3, -0.25) is 4.79 Å². The first kappa shape index (κ1) is 19.1. The third-order valence-corrected chi connectivity index (χ3v) is 4.09. The maximum atomic E-state index is 12.4. The molecule has 0 heterocycles. The van der Waals surface area contributed by atoms with Gasteiger partial charge < -0.3 is 15.4 Å². The molecule has 5 nitrogen and oxygen atoms in total. The van der Waals surface area contributed by atoms with Crippen molar-refractivity contribution in [1.82, 2.24) is 5.32 Å². The maximum Gasteiger partial charge on any atom is 0.263 e. The zero-order valence-electron chi connectivity index (χ0n) is 15.5. The van der Waals surface area contributed by atoms with E-state index < -0.39 is 5.91 Å². The predicted octanol–water partition coefficient (Wildman–Crippen LogP) is 4.01. The molecular formula is C21H23N3O2. The molecule has 5 heteroatoms. The van der Waals surface area contributed by atoms with Crippen molar-refractivity contribution in [3.05, 3.63) is 70.9 Å². The minimum absolute atomic E-state index is 0.0197. The van der Waals surface area contributed by atoms with Gasteiger partial charge in [0, 0.05) is 11.9 Å². The van der Waals surface area contributed by atoms with Gasteiger partial charge in [-0.25, -0.2) is 0 Å². The summed E-state index contributed by atoms with van der Waals surface area (Å²) in [5, 5.41) is 15.2. The van der Waals surface area contributed by atoms with Crippen LogP contribution in [0.1, 0.15) is 29.7 Å². The minimum Gasteiger partial charge on any atom is -0.497 e. The number of amides is 1. The lowest BCUT2D eigenvalue weighted by molar-refractivity contribution is -0.117. The smallest absolute Gasteiger partial charge is 0.263 e. The SMILES string of the molecule is COc1ccc(C(C)NC(=O)/C(C#N)=C\Nc2cc(C)ccc2C)cc1. The summed E-state index contributed by atoms with van der Waals surface area (Å²) >= 11 is 0. The number of benzene rings is 2. The predicted molar refractivity (Wildman–Crippen MR) is 103 cm³/mol. The molecule has 1 atom stereocenters. The fourth-order valence-electron chi connectivity index (χ4n) is 2.44. The van der Waals surface area contributed by atoms with Crippen LogP contribution in [0.2, 0.25) is 0 Å². The van der Waals surface area contributed by atoms with Crippen LogP contribution in [0, 0.1) is 25.2 Å². The van der Waals surface area contributed by atoms with Crippen LogP contribution in [0.15, 0.2) is 54.2 Å². The Balaban J connectivity index is 2.07. The van der Waals surface area contributed by atoms with Gasteiger partial charge in [-0.1, -0.05) is 24.3 Å². The van der Waals surface area contributed by atoms with E-state index in [9.17, 15) is 10.1 Å². The van der Waals surface area contributed by atoms with Crippen molar-refractivity contribution >= 4 is 11.6 Å². The molecule has 134 valence electrons. The van der Waals surface area contributed by atoms with Crippen LogP contribution in [0.5, 0.6) is 5.75 Å². The first-order valence-corrected chi connectivity index (χ1v) is 8.33. The molecule has 2 aromatic rings. The van der Waals surface area contributed by atoms with Gasteiger partial charge in [0.1, 0.15) is 17.4 Å². The fraction of sp³-hybridized carbons (Fsp3) is 0.238. The van der Waals surface area contributed by atoms with Crippen LogP contribution in [0.3, 0.4) is 0 Å². The summed E-state index contributed by atoms with van der Waals surface area (Å²) < 4.78 is 5.13. The number of nitriles is 1. The van der Waals surface area contributed by atoms with Gasteiger partial charge in [-0.2, -0.15) is 5.26 Å². The third kappa shape index (κ3) is 4.87. The van der Waals surface area contributed by atoms with E-state index in [1.165, 1.54) is 6.20 Å². The topological polar surface area (TPSA) is 74.1 Å². The highest BCUT2D eigenvalue weighted by molar-refractivity contribution is 5.97. The first-order chi connectivity index (χ1) is 12.4. The van der Waals surface area contributed by atoms with Crippen molar-refractivity contribution in [2.24, 2.45) is 0 Å². The van der Waals surface area contributed by atoms with Crippen LogP contribution in [0.4, 0.5) is 5.69 Å². The number of carbonyl (C=O) groups is 1. The Bertz CT molecular complexity index is 849. The van der Waals surface area contributed by atoms with Crippen LogP contribution in [-0.4, -0.2) is 13.0 Å². The van der Waals surface area contributed by atoms with Gasteiger partial charge >= 0.3 is 0 Å². The molecule has 2 aromatic carbocycles. The summed E-state index contributed by atoms with van der Waals surface area (Å²) in [5.41, 5.74) is 3.96. The van der Waals surface area contributed by atoms with Crippen molar-refractivity contribution in [2.75, 3.05) is 12.4 Å². The summed E-state index contributed by atoms with van der Waals surface area (Å²) in [6, 6.07) is 15.1. The number of ether oxygens (including phenoxy) is 1. The number of hydrogen-bond donors (Lipinski definition) is 2. The highest BCUT2D eigenvalue weighted by Crippen LogP contribution is 2.18. The molecule has 0 saturated heterocycles. The third-order valence-electron chi connectivity index (χ3n) is 4.09. The molecule has 0 saturated carbocycles. The molecule has 0 aliphatic heterocycles. The van der Waals surface area contributed by atoms with Crippen molar-refractivity contribution in [1.29, 1.82) is 5.26 Å². The van der Waals surface area contributed by atoms with Crippen molar-refractivity contribution in [3.8, 4) is 11.8 Å². The molecule has 0 spiro atoms. The Morgan fingerprint density at radius 3 is 2.50 bits per heavy atom. The number of methoxy groups -OCH3 is 1. The lowest BCUT2D eigenvalue weighted by atomic mass is 10.1. The van der Waals surface area contributed by atoms with Crippen molar-refractivity contribution < 1.29 is 9.53 Å². The Hall–Kier alpha value is -3.26. The van der Waals surface area contributed by atoms with E-state index in [0.717, 1.165) is 28.1 Å². The molecule has 0 aliphatic carbocycles. The minimum atomic E-state index is -0.423. The van der Waals surface area contributed by atoms with E-state index in [-0.39, 0.29) is 11.6 Å². The van der Waals surface area contributed by atoms with Crippen molar-refractivity contribution in [3.63, 3.8) is 0 Å². The first-order valence-electron chi connectivity index (χ1n) is 8.33. The largest absolute Gasteiger partial charge is 0.497 e. The monoisotopic (exact) mass is 349 g/mol. The van der Waals surface area contributed by atoms with Gasteiger partial charge in [0.25, 0.3) is 5.91 Å². The molecule has 0 aromatic heterocycles. The molecule has 2 rings (SSSR count). The normalized spacial score (nSPS) is 12.0. The quantitative estimate of drug-likeness (QED) is 0.610. The molecule has 1 amide bonds. The number of anilines is 1. The van der Waals surface area contributed by atoms with E-state index >= 15 is 0 Å². The second-order valence-corrected chi connectivity index (χ2v) is 6.10.